The number of carbonyl (C=O) groups excluding carboxylic acids is 2. The second-order valence-electron chi connectivity index (χ2n) is 11.8. The summed E-state index contributed by atoms with van der Waals surface area (Å²) in [5.41, 5.74) is 2.36. The predicted molar refractivity (Wildman–Crippen MR) is 178 cm³/mol. The number of aryl methyl sites for hydroxylation is 1. The summed E-state index contributed by atoms with van der Waals surface area (Å²) in [5.74, 6) is -1.69. The molecule has 1 unspecified atom stereocenters. The van der Waals surface area contributed by atoms with Crippen molar-refractivity contribution in [3.8, 4) is 0 Å². The van der Waals surface area contributed by atoms with Gasteiger partial charge < -0.3 is 10.2 Å². The maximum absolute atomic E-state index is 15.3. The fourth-order valence-electron chi connectivity index (χ4n) is 5.96. The van der Waals surface area contributed by atoms with Crippen LogP contribution in [0.25, 0.3) is 0 Å². The van der Waals surface area contributed by atoms with Crippen molar-refractivity contribution in [1.29, 1.82) is 0 Å². The highest BCUT2D eigenvalue weighted by molar-refractivity contribution is 7.92. The van der Waals surface area contributed by atoms with E-state index >= 15 is 4.39 Å². The number of sulfonamides is 1. The lowest BCUT2D eigenvalue weighted by atomic mass is 9.94. The maximum Gasteiger partial charge on any atom is 0.264 e. The quantitative estimate of drug-likeness (QED) is 0.194. The number of nitrogens with zero attached hydrogens (tertiary/aromatic N) is 2. The first-order valence-electron chi connectivity index (χ1n) is 15.7. The lowest BCUT2D eigenvalue weighted by Gasteiger charge is -2.35. The molecule has 0 bridgehead atoms. The van der Waals surface area contributed by atoms with Crippen molar-refractivity contribution in [2.45, 2.75) is 69.0 Å². The Balaban J connectivity index is 1.57. The largest absolute Gasteiger partial charge is 0.352 e. The molecule has 1 N–H and O–H groups in total. The van der Waals surface area contributed by atoms with Gasteiger partial charge in [-0.15, -0.1) is 0 Å². The average molecular weight is 642 g/mol. The van der Waals surface area contributed by atoms with Crippen LogP contribution in [0.5, 0.6) is 0 Å². The van der Waals surface area contributed by atoms with Gasteiger partial charge in [-0.3, -0.25) is 13.9 Å². The normalized spacial score (nSPS) is 14.3. The Labute approximate surface area is 271 Å². The third-order valence-electron chi connectivity index (χ3n) is 8.56. The maximum atomic E-state index is 15.3. The van der Waals surface area contributed by atoms with Gasteiger partial charge in [0.25, 0.3) is 10.0 Å². The van der Waals surface area contributed by atoms with E-state index in [0.29, 0.717) is 0 Å². The van der Waals surface area contributed by atoms with Gasteiger partial charge >= 0.3 is 0 Å². The third-order valence-corrected chi connectivity index (χ3v) is 10.3. The summed E-state index contributed by atoms with van der Waals surface area (Å²) < 4.78 is 44.1. The Bertz CT molecular complexity index is 1730. The molecule has 7 nitrogen and oxygen atoms in total. The number of halogens is 1. The van der Waals surface area contributed by atoms with E-state index in [-0.39, 0.29) is 35.5 Å². The van der Waals surface area contributed by atoms with E-state index in [2.05, 4.69) is 5.32 Å². The van der Waals surface area contributed by atoms with E-state index in [4.69, 9.17) is 0 Å². The Morgan fingerprint density at radius 2 is 1.43 bits per heavy atom. The molecule has 1 aliphatic rings. The highest BCUT2D eigenvalue weighted by atomic mass is 32.2. The van der Waals surface area contributed by atoms with Crippen LogP contribution < -0.4 is 9.62 Å². The van der Waals surface area contributed by atoms with Gasteiger partial charge in [0.05, 0.1) is 10.6 Å². The SMILES string of the molecule is Cc1ccccc1CN(C(=O)CN(c1ccccc1F)S(=O)(=O)c1ccccc1)C(Cc1ccccc1)C(=O)NC1CCCCC1. The molecule has 2 amide bonds. The Hall–Kier alpha value is -4.50. The van der Waals surface area contributed by atoms with E-state index in [1.807, 2.05) is 61.5 Å². The molecule has 1 saturated carbocycles. The van der Waals surface area contributed by atoms with Crippen LogP contribution >= 0.6 is 0 Å². The molecule has 4 aromatic rings. The molecule has 1 aliphatic carbocycles. The summed E-state index contributed by atoms with van der Waals surface area (Å²) in [6, 6.07) is 29.2. The van der Waals surface area contributed by atoms with Crippen LogP contribution in [0.15, 0.2) is 114 Å². The molecule has 240 valence electrons. The number of hydrogen-bond acceptors (Lipinski definition) is 4. The van der Waals surface area contributed by atoms with Crippen molar-refractivity contribution in [2.24, 2.45) is 0 Å². The van der Waals surface area contributed by atoms with Crippen LogP contribution in [0.3, 0.4) is 0 Å². The van der Waals surface area contributed by atoms with Gasteiger partial charge in [-0.25, -0.2) is 12.8 Å². The summed E-state index contributed by atoms with van der Waals surface area (Å²) in [6.07, 6.45) is 5.13. The summed E-state index contributed by atoms with van der Waals surface area (Å²) in [7, 11) is -4.37. The van der Waals surface area contributed by atoms with Gasteiger partial charge in [-0.05, 0) is 60.7 Å². The van der Waals surface area contributed by atoms with Crippen LogP contribution in [0.4, 0.5) is 10.1 Å². The van der Waals surface area contributed by atoms with Crippen molar-refractivity contribution in [2.75, 3.05) is 10.8 Å². The van der Waals surface area contributed by atoms with Crippen LogP contribution in [0.1, 0.15) is 48.8 Å². The first-order chi connectivity index (χ1) is 22.2. The molecule has 1 fully saturated rings. The van der Waals surface area contributed by atoms with Crippen molar-refractivity contribution >= 4 is 27.5 Å². The minimum atomic E-state index is -4.37. The summed E-state index contributed by atoms with van der Waals surface area (Å²) >= 11 is 0. The average Bonchev–Trinajstić information content (AvgIpc) is 3.07. The molecule has 0 spiro atoms. The highest BCUT2D eigenvalue weighted by Crippen LogP contribution is 2.28. The van der Waals surface area contributed by atoms with Crippen molar-refractivity contribution in [1.82, 2.24) is 10.2 Å². The van der Waals surface area contributed by atoms with E-state index in [9.17, 15) is 18.0 Å². The minimum Gasteiger partial charge on any atom is -0.352 e. The lowest BCUT2D eigenvalue weighted by molar-refractivity contribution is -0.140. The van der Waals surface area contributed by atoms with Gasteiger partial charge in [-0.2, -0.15) is 0 Å². The number of benzene rings is 4. The van der Waals surface area contributed by atoms with Crippen molar-refractivity contribution in [3.63, 3.8) is 0 Å². The molecule has 1 atom stereocenters. The van der Waals surface area contributed by atoms with Gasteiger partial charge in [0.2, 0.25) is 11.8 Å². The topological polar surface area (TPSA) is 86.8 Å². The fraction of sp³-hybridized carbons (Fsp3) is 0.297. The van der Waals surface area contributed by atoms with Gasteiger partial charge in [-0.1, -0.05) is 104 Å². The summed E-state index contributed by atoms with van der Waals surface area (Å²) in [6.45, 7) is 1.29. The number of para-hydroxylation sites is 1. The zero-order valence-corrected chi connectivity index (χ0v) is 26.8. The van der Waals surface area contributed by atoms with E-state index in [0.717, 1.165) is 59.2 Å². The first kappa shape index (κ1) is 32.9. The molecule has 4 aromatic carbocycles. The highest BCUT2D eigenvalue weighted by Gasteiger charge is 2.36. The number of hydrogen-bond donors (Lipinski definition) is 1. The van der Waals surface area contributed by atoms with Gasteiger partial charge in [0.1, 0.15) is 18.4 Å². The Morgan fingerprint density at radius 1 is 0.826 bits per heavy atom. The zero-order chi connectivity index (χ0) is 32.5. The predicted octanol–water partition coefficient (Wildman–Crippen LogP) is 6.42. The Morgan fingerprint density at radius 3 is 2.11 bits per heavy atom. The molecule has 46 heavy (non-hydrogen) atoms. The number of anilines is 1. The molecule has 0 aromatic heterocycles. The van der Waals surface area contributed by atoms with Gasteiger partial charge in [0, 0.05) is 19.0 Å². The van der Waals surface area contributed by atoms with Crippen LogP contribution in [0.2, 0.25) is 0 Å². The Kier molecular flexibility index (Phi) is 10.9. The van der Waals surface area contributed by atoms with E-state index in [1.54, 1.807) is 18.2 Å². The van der Waals surface area contributed by atoms with Gasteiger partial charge in [0.15, 0.2) is 0 Å². The summed E-state index contributed by atoms with van der Waals surface area (Å²) in [5, 5.41) is 3.20. The zero-order valence-electron chi connectivity index (χ0n) is 26.0. The third kappa shape index (κ3) is 8.01. The minimum absolute atomic E-state index is 0.00306. The van der Waals surface area contributed by atoms with Crippen LogP contribution in [-0.2, 0) is 32.6 Å². The molecule has 0 radical (unpaired) electrons. The smallest absolute Gasteiger partial charge is 0.264 e. The number of carbonyl (C=O) groups is 2. The lowest BCUT2D eigenvalue weighted by Crippen LogP contribution is -2.55. The molecule has 0 saturated heterocycles. The molecule has 9 heteroatoms. The first-order valence-corrected chi connectivity index (χ1v) is 17.2. The molecule has 0 aliphatic heterocycles. The molecular weight excluding hydrogens is 601 g/mol. The van der Waals surface area contributed by atoms with Crippen LogP contribution in [0, 0.1) is 12.7 Å². The fourth-order valence-corrected chi connectivity index (χ4v) is 7.40. The number of rotatable bonds is 12. The molecular formula is C37H40FN3O4S. The van der Waals surface area contributed by atoms with E-state index in [1.165, 1.54) is 35.2 Å². The second-order valence-corrected chi connectivity index (χ2v) is 13.6. The van der Waals surface area contributed by atoms with Crippen molar-refractivity contribution in [3.05, 3.63) is 132 Å². The summed E-state index contributed by atoms with van der Waals surface area (Å²) in [4.78, 5) is 30.1. The number of nitrogens with one attached hydrogen (secondary N) is 1. The molecule has 0 heterocycles. The van der Waals surface area contributed by atoms with E-state index < -0.39 is 34.3 Å². The standard InChI is InChI=1S/C37H40FN3O4S/c1-28-15-11-12-18-30(28)26-40(35(25-29-16-5-2-6-17-29)37(43)39-31-19-7-3-8-20-31)36(42)27-41(34-24-14-13-23-33(34)38)46(44,45)32-21-9-4-10-22-32/h2,4-6,9-18,21-24,31,35H,3,7-8,19-20,25-27H2,1H3,(H,39,43). The number of amides is 2. The monoisotopic (exact) mass is 641 g/mol. The molecule has 5 rings (SSSR count). The van der Waals surface area contributed by atoms with Crippen molar-refractivity contribution < 1.29 is 22.4 Å². The second kappa shape index (κ2) is 15.2. The van der Waals surface area contributed by atoms with Crippen LogP contribution in [-0.4, -0.2) is 43.8 Å².